The van der Waals surface area contributed by atoms with E-state index in [1.54, 1.807) is 0 Å². The number of halogens is 4. The van der Waals surface area contributed by atoms with Crippen molar-refractivity contribution in [3.8, 4) is 0 Å². The number of carboxylic acids is 2. The van der Waals surface area contributed by atoms with Gasteiger partial charge in [0.1, 0.15) is 11.1 Å². The summed E-state index contributed by atoms with van der Waals surface area (Å²) in [4.78, 5) is 20.8. The Kier molecular flexibility index (Phi) is 5.74. The van der Waals surface area contributed by atoms with Gasteiger partial charge in [0.15, 0.2) is 23.3 Å². The molecule has 0 aliphatic carbocycles. The zero-order valence-corrected chi connectivity index (χ0v) is 11.3. The molecule has 0 unspecified atom stereocenters. The van der Waals surface area contributed by atoms with Crippen LogP contribution in [0.2, 0.25) is 0 Å². The van der Waals surface area contributed by atoms with Crippen molar-refractivity contribution in [2.24, 2.45) is 0 Å². The van der Waals surface area contributed by atoms with E-state index in [1.165, 1.54) is 0 Å². The van der Waals surface area contributed by atoms with Crippen LogP contribution in [0.5, 0.6) is 0 Å². The molecule has 4 nitrogen and oxygen atoms in total. The number of carbonyl (C=O) groups is 2. The van der Waals surface area contributed by atoms with Crippen molar-refractivity contribution in [1.82, 2.24) is 0 Å². The summed E-state index contributed by atoms with van der Waals surface area (Å²) in [6, 6.07) is 0. The summed E-state index contributed by atoms with van der Waals surface area (Å²) in [6.45, 7) is 0. The predicted octanol–water partition coefficient (Wildman–Crippen LogP) is -1.24. The van der Waals surface area contributed by atoms with Gasteiger partial charge in [-0.25, -0.2) is 27.2 Å². The summed E-state index contributed by atoms with van der Waals surface area (Å²) in [5.74, 6) is -13.7. The topological polar surface area (TPSA) is 74.6 Å². The molecule has 0 saturated heterocycles. The third-order valence-corrected chi connectivity index (χ3v) is 1.69. The van der Waals surface area contributed by atoms with Gasteiger partial charge in [0, 0.05) is 0 Å². The molecule has 2 N–H and O–H groups in total. The predicted molar refractivity (Wildman–Crippen MR) is 41.3 cm³/mol. The van der Waals surface area contributed by atoms with Crippen LogP contribution in [0.3, 0.4) is 0 Å². The number of carboxylic acid groups (broad SMARTS) is 2. The van der Waals surface area contributed by atoms with Gasteiger partial charge in [-0.1, -0.05) is 0 Å². The summed E-state index contributed by atoms with van der Waals surface area (Å²) >= 11 is 0. The number of hydrogen-bond donors (Lipinski definition) is 2. The molecule has 0 bridgehead atoms. The van der Waals surface area contributed by atoms with Crippen molar-refractivity contribution >= 4 is 11.9 Å². The smallest absolute Gasteiger partial charge is 1.00 e. The first-order valence-electron chi connectivity index (χ1n) is 3.61. The Bertz CT molecular complexity index is 464. The summed E-state index contributed by atoms with van der Waals surface area (Å²) in [6.07, 6.45) is 0. The molecule has 1 aromatic rings. The Morgan fingerprint density at radius 1 is 0.765 bits per heavy atom. The van der Waals surface area contributed by atoms with Crippen LogP contribution in [0.4, 0.5) is 17.6 Å². The second-order valence-corrected chi connectivity index (χ2v) is 2.62. The van der Waals surface area contributed by atoms with E-state index in [0.717, 1.165) is 0 Å². The second kappa shape index (κ2) is 5.91. The van der Waals surface area contributed by atoms with Gasteiger partial charge < -0.3 is 11.6 Å². The SMILES string of the molecule is O=C(O)c1c(F)c(F)c(F)c(F)c1C(=O)O.[H-].[K+]. The molecule has 0 fully saturated rings. The molecule has 0 radical (unpaired) electrons. The van der Waals surface area contributed by atoms with E-state index >= 15 is 0 Å². The molecule has 0 aliphatic heterocycles. The molecule has 17 heavy (non-hydrogen) atoms. The van der Waals surface area contributed by atoms with Gasteiger partial charge in [-0.2, -0.15) is 0 Å². The first-order chi connectivity index (χ1) is 7.29. The van der Waals surface area contributed by atoms with Gasteiger partial charge in [-0.15, -0.1) is 0 Å². The minimum atomic E-state index is -2.38. The molecule has 0 heterocycles. The van der Waals surface area contributed by atoms with Crippen LogP contribution >= 0.6 is 0 Å². The minimum absolute atomic E-state index is 0. The van der Waals surface area contributed by atoms with Crippen molar-refractivity contribution in [3.63, 3.8) is 0 Å². The first-order valence-corrected chi connectivity index (χ1v) is 3.61. The molecule has 0 atom stereocenters. The maximum absolute atomic E-state index is 12.9. The molecule has 1 rings (SSSR count). The van der Waals surface area contributed by atoms with Gasteiger partial charge in [0.25, 0.3) is 0 Å². The molecule has 88 valence electrons. The first kappa shape index (κ1) is 16.5. The monoisotopic (exact) mass is 278 g/mol. The molecule has 0 saturated carbocycles. The minimum Gasteiger partial charge on any atom is -1.00 e. The van der Waals surface area contributed by atoms with E-state index in [2.05, 4.69) is 0 Å². The Morgan fingerprint density at radius 3 is 1.18 bits per heavy atom. The molecule has 0 aliphatic rings. The molecule has 0 spiro atoms. The Hall–Kier alpha value is -0.484. The maximum Gasteiger partial charge on any atom is 1.00 e. The second-order valence-electron chi connectivity index (χ2n) is 2.62. The average molecular weight is 278 g/mol. The number of hydrogen-bond acceptors (Lipinski definition) is 2. The van der Waals surface area contributed by atoms with Crippen LogP contribution in [-0.2, 0) is 0 Å². The molecule has 0 aromatic heterocycles. The van der Waals surface area contributed by atoms with Gasteiger partial charge in [0.05, 0.1) is 0 Å². The van der Waals surface area contributed by atoms with Gasteiger partial charge >= 0.3 is 63.3 Å². The molecular weight excluding hydrogens is 275 g/mol. The van der Waals surface area contributed by atoms with Crippen LogP contribution in [-0.4, -0.2) is 22.2 Å². The van der Waals surface area contributed by atoms with E-state index in [-0.39, 0.29) is 52.8 Å². The molecule has 9 heteroatoms. The third-order valence-electron chi connectivity index (χ3n) is 1.69. The fourth-order valence-electron chi connectivity index (χ4n) is 1.03. The number of aromatic carboxylic acids is 2. The van der Waals surface area contributed by atoms with Gasteiger partial charge in [0.2, 0.25) is 0 Å². The zero-order chi connectivity index (χ0) is 12.6. The molecule has 0 amide bonds. The van der Waals surface area contributed by atoms with Crippen LogP contribution in [0.25, 0.3) is 0 Å². The van der Waals surface area contributed by atoms with E-state index in [0.29, 0.717) is 0 Å². The third kappa shape index (κ3) is 2.85. The normalized spacial score (nSPS) is 9.65. The maximum atomic E-state index is 12.9. The van der Waals surface area contributed by atoms with Crippen LogP contribution in [0.15, 0.2) is 0 Å². The average Bonchev–Trinajstić information content (AvgIpc) is 2.18. The van der Waals surface area contributed by atoms with Crippen LogP contribution in [0, 0.1) is 23.3 Å². The summed E-state index contributed by atoms with van der Waals surface area (Å²) in [5.41, 5.74) is -3.52. The van der Waals surface area contributed by atoms with E-state index in [9.17, 15) is 27.2 Å². The standard InChI is InChI=1S/C8H2F4O4.K.H/c9-3-1(7(13)14)2(8(15)16)4(10)6(12)5(3)11;;/h(H,13,14)(H,15,16);;/q;+1;-1. The number of benzene rings is 1. The van der Waals surface area contributed by atoms with Crippen LogP contribution in [0.1, 0.15) is 22.1 Å². The van der Waals surface area contributed by atoms with Crippen molar-refractivity contribution in [1.29, 1.82) is 0 Å². The van der Waals surface area contributed by atoms with Crippen molar-refractivity contribution in [2.45, 2.75) is 0 Å². The van der Waals surface area contributed by atoms with Crippen molar-refractivity contribution < 1.29 is 90.2 Å². The molecular formula is C8H3F4KO4. The van der Waals surface area contributed by atoms with Gasteiger partial charge in [-0.3, -0.25) is 0 Å². The van der Waals surface area contributed by atoms with Crippen LogP contribution < -0.4 is 51.4 Å². The Morgan fingerprint density at radius 2 is 1.00 bits per heavy atom. The largest absolute Gasteiger partial charge is 1.00 e. The van der Waals surface area contributed by atoms with E-state index in [4.69, 9.17) is 10.2 Å². The summed E-state index contributed by atoms with van der Waals surface area (Å²) < 4.78 is 51.0. The summed E-state index contributed by atoms with van der Waals surface area (Å²) in [7, 11) is 0. The van der Waals surface area contributed by atoms with Crippen molar-refractivity contribution in [3.05, 3.63) is 34.4 Å². The summed E-state index contributed by atoms with van der Waals surface area (Å²) in [5, 5.41) is 16.8. The van der Waals surface area contributed by atoms with E-state index in [1.807, 2.05) is 0 Å². The fraction of sp³-hybridized carbons (Fsp3) is 0. The van der Waals surface area contributed by atoms with Gasteiger partial charge in [-0.05, 0) is 0 Å². The Labute approximate surface area is 135 Å². The number of rotatable bonds is 2. The molecule has 1 aromatic carbocycles. The zero-order valence-electron chi connectivity index (χ0n) is 9.22. The van der Waals surface area contributed by atoms with Crippen molar-refractivity contribution in [2.75, 3.05) is 0 Å². The Balaban J connectivity index is 0. The van der Waals surface area contributed by atoms with E-state index < -0.39 is 46.3 Å². The fourth-order valence-corrected chi connectivity index (χ4v) is 1.03. The quantitative estimate of drug-likeness (QED) is 0.307.